The normalized spacial score (nSPS) is 23.8. The molecule has 4 amide bonds. The minimum atomic E-state index is -0.250. The molecule has 0 radical (unpaired) electrons. The molecule has 0 bridgehead atoms. The van der Waals surface area contributed by atoms with E-state index in [4.69, 9.17) is 9.47 Å². The molecule has 1 aromatic carbocycles. The number of carbonyl (C=O) groups is 3. The van der Waals surface area contributed by atoms with Crippen LogP contribution >= 0.6 is 0 Å². The standard InChI is InChI=1S/C26H40N4O5/c1-6-12-27-26(33)30-14-17(2)23(34-5)15-29(4)25(32)21-11-10-20(13-22(21)35-16-18(30)3)28-24(31)19-8-7-9-19/h10-11,13,17-19,23H,6-9,12,14-16H2,1-5H3,(H,27,33)(H,28,31)/t17-,18+,23-/m1/s1. The van der Waals surface area contributed by atoms with Gasteiger partial charge in [-0.1, -0.05) is 20.3 Å². The highest BCUT2D eigenvalue weighted by atomic mass is 16.5. The Labute approximate surface area is 208 Å². The number of ether oxygens (including phenoxy) is 2. The molecule has 1 heterocycles. The molecule has 194 valence electrons. The number of hydrogen-bond acceptors (Lipinski definition) is 5. The topological polar surface area (TPSA) is 100 Å². The fourth-order valence-electron chi connectivity index (χ4n) is 4.38. The zero-order chi connectivity index (χ0) is 25.5. The lowest BCUT2D eigenvalue weighted by atomic mass is 9.85. The van der Waals surface area contributed by atoms with Crippen LogP contribution in [0.1, 0.15) is 56.8 Å². The van der Waals surface area contributed by atoms with E-state index in [0.29, 0.717) is 36.6 Å². The van der Waals surface area contributed by atoms with E-state index in [2.05, 4.69) is 10.6 Å². The summed E-state index contributed by atoms with van der Waals surface area (Å²) < 4.78 is 11.9. The lowest BCUT2D eigenvalue weighted by Crippen LogP contribution is -2.51. The number of amides is 4. The van der Waals surface area contributed by atoms with Gasteiger partial charge < -0.3 is 29.9 Å². The van der Waals surface area contributed by atoms with Crippen LogP contribution in [0, 0.1) is 11.8 Å². The molecule has 1 aromatic rings. The van der Waals surface area contributed by atoms with Crippen LogP contribution in [0.25, 0.3) is 0 Å². The van der Waals surface area contributed by atoms with Gasteiger partial charge in [0, 0.05) is 57.4 Å². The zero-order valence-corrected chi connectivity index (χ0v) is 21.6. The van der Waals surface area contributed by atoms with Crippen LogP contribution in [0.15, 0.2) is 18.2 Å². The first kappa shape index (κ1) is 26.8. The number of nitrogens with zero attached hydrogens (tertiary/aromatic N) is 2. The van der Waals surface area contributed by atoms with Crippen molar-refractivity contribution in [3.05, 3.63) is 23.8 Å². The van der Waals surface area contributed by atoms with Crippen LogP contribution < -0.4 is 15.4 Å². The number of rotatable bonds is 5. The van der Waals surface area contributed by atoms with Crippen molar-refractivity contribution in [3.8, 4) is 5.75 Å². The van der Waals surface area contributed by atoms with Crippen LogP contribution in [0.5, 0.6) is 5.75 Å². The highest BCUT2D eigenvalue weighted by Gasteiger charge is 2.31. The quantitative estimate of drug-likeness (QED) is 0.662. The summed E-state index contributed by atoms with van der Waals surface area (Å²) in [6.07, 6.45) is 3.48. The van der Waals surface area contributed by atoms with Crippen LogP contribution in [0.2, 0.25) is 0 Å². The summed E-state index contributed by atoms with van der Waals surface area (Å²) in [6, 6.07) is 4.74. The minimum Gasteiger partial charge on any atom is -0.491 e. The molecular formula is C26H40N4O5. The monoisotopic (exact) mass is 488 g/mol. The van der Waals surface area contributed by atoms with Crippen molar-refractivity contribution in [2.24, 2.45) is 11.8 Å². The molecule has 0 saturated heterocycles. The molecule has 0 unspecified atom stereocenters. The average molecular weight is 489 g/mol. The lowest BCUT2D eigenvalue weighted by Gasteiger charge is -2.36. The zero-order valence-electron chi connectivity index (χ0n) is 21.6. The summed E-state index contributed by atoms with van der Waals surface area (Å²) in [4.78, 5) is 42.1. The van der Waals surface area contributed by atoms with Gasteiger partial charge in [0.25, 0.3) is 5.91 Å². The Morgan fingerprint density at radius 1 is 1.20 bits per heavy atom. The number of benzene rings is 1. The Kier molecular flexibility index (Phi) is 9.37. The number of nitrogens with one attached hydrogen (secondary N) is 2. The summed E-state index contributed by atoms with van der Waals surface area (Å²) in [7, 11) is 3.36. The van der Waals surface area contributed by atoms with Crippen LogP contribution in [-0.2, 0) is 9.53 Å². The third-order valence-corrected chi connectivity index (χ3v) is 6.98. The number of hydrogen-bond donors (Lipinski definition) is 2. The van der Waals surface area contributed by atoms with Gasteiger partial charge in [-0.3, -0.25) is 9.59 Å². The van der Waals surface area contributed by atoms with E-state index in [-0.39, 0.29) is 48.4 Å². The van der Waals surface area contributed by atoms with Gasteiger partial charge in [-0.25, -0.2) is 4.79 Å². The summed E-state index contributed by atoms with van der Waals surface area (Å²) in [6.45, 7) is 7.60. The van der Waals surface area contributed by atoms with E-state index in [1.165, 1.54) is 0 Å². The molecule has 0 spiro atoms. The molecule has 9 heteroatoms. The van der Waals surface area contributed by atoms with Gasteiger partial charge >= 0.3 is 6.03 Å². The van der Waals surface area contributed by atoms with Gasteiger partial charge in [-0.2, -0.15) is 0 Å². The molecule has 1 aliphatic carbocycles. The van der Waals surface area contributed by atoms with E-state index in [1.807, 2.05) is 20.8 Å². The van der Waals surface area contributed by atoms with Crippen molar-refractivity contribution in [2.75, 3.05) is 45.7 Å². The SMILES string of the molecule is CCCNC(=O)N1C[C@@H](C)[C@H](OC)CN(C)C(=O)c2ccc(NC(=O)C3CCC3)cc2OC[C@@H]1C. The first-order valence-corrected chi connectivity index (χ1v) is 12.7. The smallest absolute Gasteiger partial charge is 0.317 e. The molecule has 1 saturated carbocycles. The second kappa shape index (κ2) is 12.2. The molecule has 3 atom stereocenters. The first-order valence-electron chi connectivity index (χ1n) is 12.7. The van der Waals surface area contributed by atoms with Gasteiger partial charge in [0.05, 0.1) is 17.7 Å². The highest BCUT2D eigenvalue weighted by molar-refractivity contribution is 5.99. The van der Waals surface area contributed by atoms with Crippen molar-refractivity contribution in [2.45, 2.75) is 58.6 Å². The van der Waals surface area contributed by atoms with E-state index < -0.39 is 0 Å². The van der Waals surface area contributed by atoms with E-state index in [0.717, 1.165) is 25.7 Å². The first-order chi connectivity index (χ1) is 16.7. The molecule has 9 nitrogen and oxygen atoms in total. The number of fused-ring (bicyclic) bond motifs is 1. The molecule has 2 N–H and O–H groups in total. The van der Waals surface area contributed by atoms with Gasteiger partial charge in [-0.15, -0.1) is 0 Å². The summed E-state index contributed by atoms with van der Waals surface area (Å²) in [5, 5.41) is 5.92. The van der Waals surface area contributed by atoms with Crippen LogP contribution in [0.4, 0.5) is 10.5 Å². The van der Waals surface area contributed by atoms with Crippen LogP contribution in [0.3, 0.4) is 0 Å². The largest absolute Gasteiger partial charge is 0.491 e. The van der Waals surface area contributed by atoms with Crippen LogP contribution in [-0.4, -0.2) is 80.2 Å². The van der Waals surface area contributed by atoms with Crippen molar-refractivity contribution in [3.63, 3.8) is 0 Å². The Morgan fingerprint density at radius 3 is 2.57 bits per heavy atom. The van der Waals surface area contributed by atoms with Gasteiger partial charge in [0.2, 0.25) is 5.91 Å². The number of likely N-dealkylation sites (N-methyl/N-ethyl adjacent to an activating group) is 1. The van der Waals surface area contributed by atoms with E-state index in [1.54, 1.807) is 42.2 Å². The Bertz CT molecular complexity index is 904. The molecular weight excluding hydrogens is 448 g/mol. The minimum absolute atomic E-state index is 0.00291. The molecule has 1 fully saturated rings. The Hall–Kier alpha value is -2.81. The summed E-state index contributed by atoms with van der Waals surface area (Å²) in [5.74, 6) is 0.242. The number of methoxy groups -OCH3 is 1. The molecule has 0 aromatic heterocycles. The predicted octanol–water partition coefficient (Wildman–Crippen LogP) is 3.35. The van der Waals surface area contributed by atoms with Gasteiger partial charge in [-0.05, 0) is 38.3 Å². The Morgan fingerprint density at radius 2 is 1.94 bits per heavy atom. The third-order valence-electron chi connectivity index (χ3n) is 6.98. The van der Waals surface area contributed by atoms with E-state index >= 15 is 0 Å². The molecule has 35 heavy (non-hydrogen) atoms. The Balaban J connectivity index is 1.90. The maximum Gasteiger partial charge on any atom is 0.317 e. The predicted molar refractivity (Wildman–Crippen MR) is 135 cm³/mol. The molecule has 2 aliphatic rings. The fourth-order valence-corrected chi connectivity index (χ4v) is 4.38. The van der Waals surface area contributed by atoms with Crippen molar-refractivity contribution < 1.29 is 23.9 Å². The fraction of sp³-hybridized carbons (Fsp3) is 0.654. The second-order valence-corrected chi connectivity index (χ2v) is 9.81. The highest BCUT2D eigenvalue weighted by Crippen LogP contribution is 2.30. The van der Waals surface area contributed by atoms with Crippen molar-refractivity contribution in [1.82, 2.24) is 15.1 Å². The van der Waals surface area contributed by atoms with Crippen molar-refractivity contribution >= 4 is 23.5 Å². The summed E-state index contributed by atoms with van der Waals surface area (Å²) >= 11 is 0. The van der Waals surface area contributed by atoms with Crippen molar-refractivity contribution in [1.29, 1.82) is 0 Å². The average Bonchev–Trinajstić information content (AvgIpc) is 2.80. The third kappa shape index (κ3) is 6.66. The maximum absolute atomic E-state index is 13.3. The van der Waals surface area contributed by atoms with Gasteiger partial charge in [0.1, 0.15) is 12.4 Å². The number of anilines is 1. The summed E-state index contributed by atoms with van der Waals surface area (Å²) in [5.41, 5.74) is 1.00. The number of carbonyl (C=O) groups excluding carboxylic acids is 3. The number of urea groups is 1. The molecule has 1 aliphatic heterocycles. The van der Waals surface area contributed by atoms with Gasteiger partial charge in [0.15, 0.2) is 0 Å². The lowest BCUT2D eigenvalue weighted by molar-refractivity contribution is -0.122. The second-order valence-electron chi connectivity index (χ2n) is 9.81. The van der Waals surface area contributed by atoms with E-state index in [9.17, 15) is 14.4 Å². The molecule has 3 rings (SSSR count). The maximum atomic E-state index is 13.3.